The number of carboxylic acids is 1. The van der Waals surface area contributed by atoms with Gasteiger partial charge in [0, 0.05) is 23.2 Å². The van der Waals surface area contributed by atoms with Crippen molar-refractivity contribution in [3.05, 3.63) is 89.5 Å². The number of carboxylic acid groups (broad SMARTS) is 1. The maximum absolute atomic E-state index is 12.3. The molecule has 0 fully saturated rings. The summed E-state index contributed by atoms with van der Waals surface area (Å²) >= 11 is 0. The summed E-state index contributed by atoms with van der Waals surface area (Å²) in [6, 6.07) is 22.2. The molecule has 1 amide bonds. The van der Waals surface area contributed by atoms with Crippen molar-refractivity contribution in [3.63, 3.8) is 0 Å². The number of amides is 1. The van der Waals surface area contributed by atoms with Crippen LogP contribution in [0.25, 0.3) is 11.6 Å². The lowest BCUT2D eigenvalue weighted by molar-refractivity contribution is -0.142. The molecule has 0 saturated heterocycles. The standard InChI is InChI=1S/C25H22N2O4/c1-25(26,24(29)30)15-17-8-12-19(13-9-17)31-18-10-6-16(7-11-18)14-21-20-4-2-3-5-22(20)27-23(21)28/h2-14H,15,26H2,1H3,(H,27,28)(H,29,30). The largest absolute Gasteiger partial charge is 0.480 e. The lowest BCUT2D eigenvalue weighted by Gasteiger charge is -2.19. The second-order valence-corrected chi connectivity index (χ2v) is 7.77. The number of rotatable bonds is 6. The van der Waals surface area contributed by atoms with Crippen LogP contribution in [0, 0.1) is 0 Å². The molecule has 0 aliphatic carbocycles. The van der Waals surface area contributed by atoms with Crippen LogP contribution in [0.4, 0.5) is 5.69 Å². The van der Waals surface area contributed by atoms with Crippen molar-refractivity contribution < 1.29 is 19.4 Å². The van der Waals surface area contributed by atoms with E-state index in [2.05, 4.69) is 5.32 Å². The Labute approximate surface area is 180 Å². The number of hydrogen-bond donors (Lipinski definition) is 3. The van der Waals surface area contributed by atoms with Crippen molar-refractivity contribution in [2.75, 3.05) is 5.32 Å². The third-order valence-corrected chi connectivity index (χ3v) is 5.12. The van der Waals surface area contributed by atoms with E-state index in [1.807, 2.05) is 54.6 Å². The summed E-state index contributed by atoms with van der Waals surface area (Å²) in [6.07, 6.45) is 2.08. The Morgan fingerprint density at radius 1 is 1.03 bits per heavy atom. The molecule has 3 aromatic rings. The summed E-state index contributed by atoms with van der Waals surface area (Å²) < 4.78 is 5.87. The maximum Gasteiger partial charge on any atom is 0.323 e. The number of carbonyl (C=O) groups excluding carboxylic acids is 1. The normalized spacial score (nSPS) is 15.8. The van der Waals surface area contributed by atoms with E-state index in [4.69, 9.17) is 15.6 Å². The Bertz CT molecular complexity index is 1160. The predicted octanol–water partition coefficient (Wildman–Crippen LogP) is 4.32. The average molecular weight is 414 g/mol. The fourth-order valence-electron chi connectivity index (χ4n) is 3.39. The van der Waals surface area contributed by atoms with Gasteiger partial charge in [-0.05, 0) is 54.5 Å². The molecule has 31 heavy (non-hydrogen) atoms. The van der Waals surface area contributed by atoms with Crippen LogP contribution in [0.5, 0.6) is 11.5 Å². The molecule has 6 heteroatoms. The van der Waals surface area contributed by atoms with E-state index in [1.165, 1.54) is 6.92 Å². The van der Waals surface area contributed by atoms with Crippen LogP contribution in [-0.4, -0.2) is 22.5 Å². The van der Waals surface area contributed by atoms with Crippen molar-refractivity contribution in [2.45, 2.75) is 18.9 Å². The molecule has 1 unspecified atom stereocenters. The zero-order chi connectivity index (χ0) is 22.0. The zero-order valence-corrected chi connectivity index (χ0v) is 17.0. The number of hydrogen-bond acceptors (Lipinski definition) is 4. The van der Waals surface area contributed by atoms with Gasteiger partial charge >= 0.3 is 5.97 Å². The number of nitrogens with one attached hydrogen (secondary N) is 1. The minimum absolute atomic E-state index is 0.113. The molecule has 0 aromatic heterocycles. The fraction of sp³-hybridized carbons (Fsp3) is 0.120. The number of anilines is 1. The third-order valence-electron chi connectivity index (χ3n) is 5.12. The highest BCUT2D eigenvalue weighted by molar-refractivity contribution is 6.34. The quantitative estimate of drug-likeness (QED) is 0.522. The average Bonchev–Trinajstić information content (AvgIpc) is 3.06. The fourth-order valence-corrected chi connectivity index (χ4v) is 3.39. The number of nitrogens with two attached hydrogens (primary N) is 1. The Morgan fingerprint density at radius 3 is 2.29 bits per heavy atom. The molecule has 0 radical (unpaired) electrons. The van der Waals surface area contributed by atoms with E-state index in [1.54, 1.807) is 24.3 Å². The van der Waals surface area contributed by atoms with Gasteiger partial charge in [-0.25, -0.2) is 0 Å². The van der Waals surface area contributed by atoms with Crippen molar-refractivity contribution >= 4 is 29.2 Å². The zero-order valence-electron chi connectivity index (χ0n) is 17.0. The lowest BCUT2D eigenvalue weighted by atomic mass is 9.94. The smallest absolute Gasteiger partial charge is 0.323 e. The van der Waals surface area contributed by atoms with Gasteiger partial charge in [0.25, 0.3) is 5.91 Å². The predicted molar refractivity (Wildman–Crippen MR) is 120 cm³/mol. The highest BCUT2D eigenvalue weighted by Gasteiger charge is 2.28. The third kappa shape index (κ3) is 4.49. The van der Waals surface area contributed by atoms with Crippen molar-refractivity contribution in [2.24, 2.45) is 5.73 Å². The molecule has 3 aromatic carbocycles. The van der Waals surface area contributed by atoms with Gasteiger partial charge in [0.15, 0.2) is 0 Å². The monoisotopic (exact) mass is 414 g/mol. The van der Waals surface area contributed by atoms with E-state index >= 15 is 0 Å². The highest BCUT2D eigenvalue weighted by atomic mass is 16.5. The second-order valence-electron chi connectivity index (χ2n) is 7.77. The summed E-state index contributed by atoms with van der Waals surface area (Å²) in [5.41, 5.74) is 8.54. The summed E-state index contributed by atoms with van der Waals surface area (Å²) in [6.45, 7) is 1.49. The molecule has 156 valence electrons. The molecular formula is C25H22N2O4. The van der Waals surface area contributed by atoms with Gasteiger partial charge in [0.05, 0.1) is 0 Å². The van der Waals surface area contributed by atoms with Crippen molar-refractivity contribution in [1.29, 1.82) is 0 Å². The number of fused-ring (bicyclic) bond motifs is 1. The molecule has 1 heterocycles. The number of carbonyl (C=O) groups is 2. The first-order valence-electron chi connectivity index (χ1n) is 9.83. The van der Waals surface area contributed by atoms with E-state index in [0.717, 1.165) is 22.4 Å². The van der Waals surface area contributed by atoms with Crippen LogP contribution in [0.1, 0.15) is 23.6 Å². The molecule has 1 atom stereocenters. The first-order valence-corrected chi connectivity index (χ1v) is 9.83. The van der Waals surface area contributed by atoms with Gasteiger partial charge in [0.1, 0.15) is 17.0 Å². The van der Waals surface area contributed by atoms with Gasteiger partial charge in [-0.2, -0.15) is 0 Å². The van der Waals surface area contributed by atoms with Gasteiger partial charge in [-0.1, -0.05) is 42.5 Å². The summed E-state index contributed by atoms with van der Waals surface area (Å²) in [5, 5.41) is 12.0. The van der Waals surface area contributed by atoms with Crippen molar-refractivity contribution in [1.82, 2.24) is 0 Å². The van der Waals surface area contributed by atoms with E-state index < -0.39 is 11.5 Å². The molecule has 1 aliphatic rings. The van der Waals surface area contributed by atoms with Gasteiger partial charge in [-0.3, -0.25) is 9.59 Å². The molecule has 4 rings (SSSR count). The summed E-state index contributed by atoms with van der Waals surface area (Å²) in [5.74, 6) is 0.132. The minimum Gasteiger partial charge on any atom is -0.480 e. The molecule has 0 spiro atoms. The summed E-state index contributed by atoms with van der Waals surface area (Å²) in [7, 11) is 0. The van der Waals surface area contributed by atoms with Crippen LogP contribution in [0.3, 0.4) is 0 Å². The second kappa shape index (κ2) is 8.08. The maximum atomic E-state index is 12.3. The molecule has 4 N–H and O–H groups in total. The van der Waals surface area contributed by atoms with Crippen LogP contribution < -0.4 is 15.8 Å². The van der Waals surface area contributed by atoms with Crippen LogP contribution in [0.2, 0.25) is 0 Å². The molecule has 0 bridgehead atoms. The minimum atomic E-state index is -1.32. The van der Waals surface area contributed by atoms with Crippen LogP contribution in [-0.2, 0) is 16.0 Å². The number of aliphatic carboxylic acids is 1. The summed E-state index contributed by atoms with van der Waals surface area (Å²) in [4.78, 5) is 23.4. The van der Waals surface area contributed by atoms with Gasteiger partial charge < -0.3 is 20.9 Å². The van der Waals surface area contributed by atoms with Gasteiger partial charge in [0.2, 0.25) is 0 Å². The van der Waals surface area contributed by atoms with Gasteiger partial charge in [-0.15, -0.1) is 0 Å². The Balaban J connectivity index is 1.45. The number of para-hydroxylation sites is 1. The molecular weight excluding hydrogens is 392 g/mol. The van der Waals surface area contributed by atoms with E-state index in [9.17, 15) is 9.59 Å². The topological polar surface area (TPSA) is 102 Å². The Hall–Kier alpha value is -3.90. The molecule has 1 aliphatic heterocycles. The lowest BCUT2D eigenvalue weighted by Crippen LogP contribution is -2.46. The first-order chi connectivity index (χ1) is 14.8. The van der Waals surface area contributed by atoms with E-state index in [-0.39, 0.29) is 12.3 Å². The van der Waals surface area contributed by atoms with Crippen LogP contribution >= 0.6 is 0 Å². The SMILES string of the molecule is CC(N)(Cc1ccc(Oc2ccc(C=C3C(=O)Nc4ccccc43)cc2)cc1)C(=O)O. The van der Waals surface area contributed by atoms with Crippen molar-refractivity contribution in [3.8, 4) is 11.5 Å². The number of benzene rings is 3. The molecule has 6 nitrogen and oxygen atoms in total. The van der Waals surface area contributed by atoms with E-state index in [0.29, 0.717) is 17.1 Å². The highest BCUT2D eigenvalue weighted by Crippen LogP contribution is 2.33. The Kier molecular flexibility index (Phi) is 5.31. The number of ether oxygens (including phenoxy) is 1. The first kappa shape index (κ1) is 20.4. The molecule has 0 saturated carbocycles. The van der Waals surface area contributed by atoms with Crippen LogP contribution in [0.15, 0.2) is 72.8 Å². The Morgan fingerprint density at radius 2 is 1.65 bits per heavy atom.